The summed E-state index contributed by atoms with van der Waals surface area (Å²) in [4.78, 5) is 30.0. The van der Waals surface area contributed by atoms with Gasteiger partial charge in [0.05, 0.1) is 25.2 Å². The number of hydrogen-bond donors (Lipinski definition) is 2. The molecule has 0 bridgehead atoms. The van der Waals surface area contributed by atoms with E-state index in [1.807, 2.05) is 17.0 Å². The number of carboxylic acids is 1. The van der Waals surface area contributed by atoms with Crippen LogP contribution in [-0.2, 0) is 20.7 Å². The van der Waals surface area contributed by atoms with E-state index in [-0.39, 0.29) is 30.5 Å². The largest absolute Gasteiger partial charge is 0.493 e. The number of carbonyl (C=O) groups excluding carboxylic acids is 1. The predicted octanol–water partition coefficient (Wildman–Crippen LogP) is 3.03. The van der Waals surface area contributed by atoms with Gasteiger partial charge in [-0.2, -0.15) is 0 Å². The highest BCUT2D eigenvalue weighted by atomic mass is 16.5. The highest BCUT2D eigenvalue weighted by Gasteiger charge is 2.47. The number of carbonyl (C=O) groups is 2. The van der Waals surface area contributed by atoms with Crippen molar-refractivity contribution in [3.05, 3.63) is 29.3 Å². The van der Waals surface area contributed by atoms with Gasteiger partial charge in [-0.3, -0.25) is 14.5 Å². The number of amides is 1. The van der Waals surface area contributed by atoms with Crippen LogP contribution in [0, 0.1) is 5.92 Å². The van der Waals surface area contributed by atoms with E-state index in [0.717, 1.165) is 68.4 Å². The van der Waals surface area contributed by atoms with Crippen molar-refractivity contribution in [1.82, 2.24) is 9.80 Å². The number of fused-ring (bicyclic) bond motifs is 1. The first-order valence-corrected chi connectivity index (χ1v) is 13.8. The van der Waals surface area contributed by atoms with Gasteiger partial charge in [-0.1, -0.05) is 25.5 Å². The van der Waals surface area contributed by atoms with Crippen molar-refractivity contribution in [1.29, 1.82) is 0 Å². The lowest BCUT2D eigenvalue weighted by Crippen LogP contribution is -2.46. The van der Waals surface area contributed by atoms with Gasteiger partial charge in [-0.15, -0.1) is 0 Å². The summed E-state index contributed by atoms with van der Waals surface area (Å²) in [7, 11) is 0. The molecule has 3 N–H and O–H groups in total. The molecule has 3 aliphatic heterocycles. The van der Waals surface area contributed by atoms with E-state index in [4.69, 9.17) is 15.2 Å². The van der Waals surface area contributed by atoms with Gasteiger partial charge in [0.2, 0.25) is 5.91 Å². The Bertz CT molecular complexity index is 888. The SMILES string of the molecule is CCCCN(CCN)C(=O)CN1C[C@H](c2ccc3c(c2)CCO3)C(C(=O)O)[C@@H]1CCC1CCCCO1. The number of nitrogens with zero attached hydrogens (tertiary/aromatic N) is 2. The summed E-state index contributed by atoms with van der Waals surface area (Å²) in [6, 6.07) is 5.90. The number of benzene rings is 1. The van der Waals surface area contributed by atoms with Crippen molar-refractivity contribution in [2.45, 2.75) is 76.4 Å². The molecule has 2 fully saturated rings. The molecule has 0 saturated carbocycles. The second kappa shape index (κ2) is 12.9. The van der Waals surface area contributed by atoms with Crippen molar-refractivity contribution in [2.75, 3.05) is 45.9 Å². The number of hydrogen-bond acceptors (Lipinski definition) is 6. The number of nitrogens with two attached hydrogens (primary N) is 1. The fraction of sp³-hybridized carbons (Fsp3) is 0.714. The summed E-state index contributed by atoms with van der Waals surface area (Å²) >= 11 is 0. The quantitative estimate of drug-likeness (QED) is 0.454. The normalized spacial score (nSPS) is 25.9. The number of likely N-dealkylation sites (tertiary alicyclic amines) is 1. The molecular formula is C28H43N3O5. The summed E-state index contributed by atoms with van der Waals surface area (Å²) in [6.07, 6.45) is 7.79. The zero-order chi connectivity index (χ0) is 25.5. The first-order valence-electron chi connectivity index (χ1n) is 13.8. The van der Waals surface area contributed by atoms with Crippen molar-refractivity contribution >= 4 is 11.9 Å². The number of ether oxygens (including phenoxy) is 2. The first kappa shape index (κ1) is 26.9. The van der Waals surface area contributed by atoms with Crippen LogP contribution in [-0.4, -0.2) is 84.9 Å². The molecule has 2 unspecified atom stereocenters. The molecule has 36 heavy (non-hydrogen) atoms. The molecule has 4 atom stereocenters. The van der Waals surface area contributed by atoms with Crippen LogP contribution in [0.5, 0.6) is 5.75 Å². The number of rotatable bonds is 12. The Hall–Kier alpha value is -2.16. The minimum absolute atomic E-state index is 0.0416. The van der Waals surface area contributed by atoms with Crippen LogP contribution in [0.15, 0.2) is 18.2 Å². The Kier molecular flexibility index (Phi) is 9.62. The molecule has 200 valence electrons. The summed E-state index contributed by atoms with van der Waals surface area (Å²) in [5.74, 6) is -0.585. The van der Waals surface area contributed by atoms with E-state index in [9.17, 15) is 14.7 Å². The zero-order valence-corrected chi connectivity index (χ0v) is 21.7. The third-order valence-electron chi connectivity index (χ3n) is 8.11. The molecule has 3 heterocycles. The smallest absolute Gasteiger partial charge is 0.308 e. The third kappa shape index (κ3) is 6.39. The molecule has 0 radical (unpaired) electrons. The van der Waals surface area contributed by atoms with Crippen LogP contribution in [0.25, 0.3) is 0 Å². The molecule has 1 amide bonds. The Labute approximate surface area is 215 Å². The molecule has 0 aromatic heterocycles. The lowest BCUT2D eigenvalue weighted by atomic mass is 9.82. The molecule has 2 saturated heterocycles. The topological polar surface area (TPSA) is 105 Å². The molecule has 1 aromatic carbocycles. The monoisotopic (exact) mass is 501 g/mol. The Balaban J connectivity index is 1.56. The Morgan fingerprint density at radius 1 is 1.19 bits per heavy atom. The second-order valence-electron chi connectivity index (χ2n) is 10.5. The summed E-state index contributed by atoms with van der Waals surface area (Å²) in [5, 5.41) is 10.4. The second-order valence-corrected chi connectivity index (χ2v) is 10.5. The average Bonchev–Trinajstić information content (AvgIpc) is 3.50. The van der Waals surface area contributed by atoms with Gasteiger partial charge in [0, 0.05) is 51.2 Å². The van der Waals surface area contributed by atoms with Crippen LogP contribution in [0.4, 0.5) is 0 Å². The molecule has 8 heteroatoms. The maximum atomic E-state index is 13.4. The van der Waals surface area contributed by atoms with Crippen molar-refractivity contribution in [2.24, 2.45) is 11.7 Å². The molecule has 1 aromatic rings. The lowest BCUT2D eigenvalue weighted by Gasteiger charge is -2.31. The van der Waals surface area contributed by atoms with Gasteiger partial charge in [0.1, 0.15) is 5.75 Å². The summed E-state index contributed by atoms with van der Waals surface area (Å²) in [5.41, 5.74) is 7.98. The molecule has 0 spiro atoms. The molecule has 0 aliphatic carbocycles. The first-order chi connectivity index (χ1) is 17.5. The summed E-state index contributed by atoms with van der Waals surface area (Å²) < 4.78 is 11.6. The van der Waals surface area contributed by atoms with Crippen molar-refractivity contribution in [3.63, 3.8) is 0 Å². The summed E-state index contributed by atoms with van der Waals surface area (Å²) in [6.45, 7) is 6.00. The fourth-order valence-corrected chi connectivity index (χ4v) is 6.16. The molecule has 4 rings (SSSR count). The van der Waals surface area contributed by atoms with E-state index in [1.54, 1.807) is 0 Å². The van der Waals surface area contributed by atoms with Gasteiger partial charge < -0.3 is 25.2 Å². The zero-order valence-electron chi connectivity index (χ0n) is 21.7. The Morgan fingerprint density at radius 3 is 2.78 bits per heavy atom. The minimum Gasteiger partial charge on any atom is -0.493 e. The van der Waals surface area contributed by atoms with Gasteiger partial charge in [0.15, 0.2) is 0 Å². The Morgan fingerprint density at radius 2 is 2.06 bits per heavy atom. The number of carboxylic acid groups (broad SMARTS) is 1. The highest BCUT2D eigenvalue weighted by molar-refractivity contribution is 5.79. The lowest BCUT2D eigenvalue weighted by molar-refractivity contribution is -0.144. The minimum atomic E-state index is -0.786. The van der Waals surface area contributed by atoms with Crippen LogP contribution in [0.1, 0.15) is 68.9 Å². The van der Waals surface area contributed by atoms with Crippen molar-refractivity contribution in [3.8, 4) is 5.75 Å². The molecule has 8 nitrogen and oxygen atoms in total. The highest BCUT2D eigenvalue weighted by Crippen LogP contribution is 2.41. The van der Waals surface area contributed by atoms with E-state index in [0.29, 0.717) is 39.2 Å². The number of unbranched alkanes of at least 4 members (excludes halogenated alkanes) is 1. The van der Waals surface area contributed by atoms with Gasteiger partial charge in [-0.05, 0) is 55.7 Å². The maximum Gasteiger partial charge on any atom is 0.308 e. The van der Waals surface area contributed by atoms with Crippen LogP contribution in [0.3, 0.4) is 0 Å². The predicted molar refractivity (Wildman–Crippen MR) is 138 cm³/mol. The standard InChI is InChI=1S/C28H43N3O5/c1-2-3-13-30(14-12-29)26(32)19-31-18-23(20-7-10-25-21(17-20)11-16-36-25)27(28(33)34)24(31)9-8-22-6-4-5-15-35-22/h7,10,17,22-24,27H,2-6,8-9,11-16,18-19,29H2,1H3,(H,33,34)/t22?,23-,24+,27?/m1/s1. The van der Waals surface area contributed by atoms with E-state index in [2.05, 4.69) is 17.9 Å². The van der Waals surface area contributed by atoms with Crippen LogP contribution < -0.4 is 10.5 Å². The van der Waals surface area contributed by atoms with Crippen LogP contribution >= 0.6 is 0 Å². The van der Waals surface area contributed by atoms with Crippen LogP contribution in [0.2, 0.25) is 0 Å². The third-order valence-corrected chi connectivity index (χ3v) is 8.11. The van der Waals surface area contributed by atoms with Gasteiger partial charge in [0.25, 0.3) is 0 Å². The van der Waals surface area contributed by atoms with E-state index < -0.39 is 11.9 Å². The fourth-order valence-electron chi connectivity index (χ4n) is 6.16. The van der Waals surface area contributed by atoms with Crippen molar-refractivity contribution < 1.29 is 24.2 Å². The van der Waals surface area contributed by atoms with E-state index in [1.165, 1.54) is 0 Å². The number of aliphatic carboxylic acids is 1. The average molecular weight is 502 g/mol. The van der Waals surface area contributed by atoms with E-state index >= 15 is 0 Å². The molecule has 3 aliphatic rings. The molecular weight excluding hydrogens is 458 g/mol. The van der Waals surface area contributed by atoms with Gasteiger partial charge in [-0.25, -0.2) is 0 Å². The maximum absolute atomic E-state index is 13.4. The van der Waals surface area contributed by atoms with Gasteiger partial charge >= 0.3 is 5.97 Å².